The summed E-state index contributed by atoms with van der Waals surface area (Å²) >= 11 is 0. The molecule has 25 heavy (non-hydrogen) atoms. The van der Waals surface area contributed by atoms with Crippen LogP contribution in [0, 0.1) is 12.3 Å². The fraction of sp³-hybridized carbons (Fsp3) is 0.579. The largest absolute Gasteiger partial charge is 0.399 e. The highest BCUT2D eigenvalue weighted by Crippen LogP contribution is 2.42. The first-order valence-electron chi connectivity index (χ1n) is 8.55. The number of terminal acetylenes is 1. The molecule has 2 saturated heterocycles. The van der Waals surface area contributed by atoms with Gasteiger partial charge in [-0.3, -0.25) is 0 Å². The lowest BCUT2D eigenvalue weighted by Crippen LogP contribution is -2.64. The molecule has 0 amide bonds. The molecule has 1 aromatic carbocycles. The Balaban J connectivity index is 1.90. The molecule has 0 spiro atoms. The van der Waals surface area contributed by atoms with E-state index in [4.69, 9.17) is 29.8 Å². The van der Waals surface area contributed by atoms with E-state index in [1.54, 1.807) is 7.11 Å². The SMILES string of the molecule is C#C[C@]1(O[Si](C)(C)C)C[C@@H](OC)O[C@@H]2CO[C@@H](c3ccccc3)O[C@H]21. The van der Waals surface area contributed by atoms with E-state index in [0.29, 0.717) is 13.0 Å². The summed E-state index contributed by atoms with van der Waals surface area (Å²) < 4.78 is 30.0. The molecule has 136 valence electrons. The van der Waals surface area contributed by atoms with Crippen molar-refractivity contribution >= 4 is 8.32 Å². The summed E-state index contributed by atoms with van der Waals surface area (Å²) in [6.45, 7) is 6.73. The van der Waals surface area contributed by atoms with Crippen molar-refractivity contribution in [1.29, 1.82) is 0 Å². The molecule has 0 radical (unpaired) electrons. The van der Waals surface area contributed by atoms with Gasteiger partial charge in [0.2, 0.25) is 0 Å². The smallest absolute Gasteiger partial charge is 0.185 e. The molecule has 0 unspecified atom stereocenters. The fourth-order valence-electron chi connectivity index (χ4n) is 3.40. The topological polar surface area (TPSA) is 46.2 Å². The number of hydrogen-bond acceptors (Lipinski definition) is 5. The summed E-state index contributed by atoms with van der Waals surface area (Å²) in [5.41, 5.74) is 0.0685. The quantitative estimate of drug-likeness (QED) is 0.608. The maximum absolute atomic E-state index is 6.46. The zero-order valence-electron chi connectivity index (χ0n) is 15.2. The van der Waals surface area contributed by atoms with Gasteiger partial charge in [-0.2, -0.15) is 0 Å². The van der Waals surface area contributed by atoms with E-state index < -0.39 is 32.6 Å². The summed E-state index contributed by atoms with van der Waals surface area (Å²) in [6, 6.07) is 9.83. The van der Waals surface area contributed by atoms with Crippen LogP contribution in [-0.4, -0.2) is 46.1 Å². The van der Waals surface area contributed by atoms with Gasteiger partial charge in [-0.15, -0.1) is 6.42 Å². The monoisotopic (exact) mass is 362 g/mol. The van der Waals surface area contributed by atoms with Gasteiger partial charge < -0.3 is 23.4 Å². The molecule has 5 atom stereocenters. The summed E-state index contributed by atoms with van der Waals surface area (Å²) in [4.78, 5) is 0. The second-order valence-electron chi connectivity index (χ2n) is 7.42. The summed E-state index contributed by atoms with van der Waals surface area (Å²) in [5, 5.41) is 0. The van der Waals surface area contributed by atoms with E-state index in [1.807, 2.05) is 30.3 Å². The van der Waals surface area contributed by atoms with Crippen molar-refractivity contribution in [1.82, 2.24) is 0 Å². The van der Waals surface area contributed by atoms with Crippen LogP contribution in [0.15, 0.2) is 30.3 Å². The third kappa shape index (κ3) is 3.98. The van der Waals surface area contributed by atoms with Crippen LogP contribution in [0.2, 0.25) is 19.6 Å². The Morgan fingerprint density at radius 2 is 1.92 bits per heavy atom. The standard InChI is InChI=1S/C19H26O5Si/c1-6-19(24-25(3,4)5)12-16(20-2)22-15-13-21-18(23-17(15)19)14-10-8-7-9-11-14/h1,7-11,15-18H,12-13H2,2-5H3/t15-,16+,17-,18-,19+/m1/s1. The molecule has 5 nitrogen and oxygen atoms in total. The molecule has 0 aromatic heterocycles. The molecule has 3 rings (SSSR count). The van der Waals surface area contributed by atoms with Gasteiger partial charge in [0.25, 0.3) is 0 Å². The average molecular weight is 362 g/mol. The summed E-state index contributed by atoms with van der Waals surface area (Å²) in [6.07, 6.45) is 4.75. The van der Waals surface area contributed by atoms with Crippen molar-refractivity contribution in [3.63, 3.8) is 0 Å². The lowest BCUT2D eigenvalue weighted by molar-refractivity contribution is -0.344. The predicted molar refractivity (Wildman–Crippen MR) is 96.3 cm³/mol. The highest BCUT2D eigenvalue weighted by atomic mass is 28.4. The molecule has 0 saturated carbocycles. The number of fused-ring (bicyclic) bond motifs is 1. The van der Waals surface area contributed by atoms with E-state index in [-0.39, 0.29) is 6.10 Å². The number of rotatable bonds is 4. The maximum atomic E-state index is 6.46. The summed E-state index contributed by atoms with van der Waals surface area (Å²) in [5.74, 6) is 2.88. The van der Waals surface area contributed by atoms with Gasteiger partial charge in [0, 0.05) is 19.1 Å². The molecule has 2 fully saturated rings. The maximum Gasteiger partial charge on any atom is 0.185 e. The molecule has 0 N–H and O–H groups in total. The Morgan fingerprint density at radius 1 is 1.20 bits per heavy atom. The summed E-state index contributed by atoms with van der Waals surface area (Å²) in [7, 11) is -0.323. The highest BCUT2D eigenvalue weighted by molar-refractivity contribution is 6.69. The van der Waals surface area contributed by atoms with Crippen LogP contribution in [0.1, 0.15) is 18.3 Å². The van der Waals surface area contributed by atoms with Crippen LogP contribution in [0.3, 0.4) is 0 Å². The third-order valence-corrected chi connectivity index (χ3v) is 5.32. The molecule has 2 heterocycles. The molecular formula is C19H26O5Si. The van der Waals surface area contributed by atoms with E-state index in [2.05, 4.69) is 25.6 Å². The fourth-order valence-corrected chi connectivity index (χ4v) is 4.75. The Morgan fingerprint density at radius 3 is 2.52 bits per heavy atom. The highest BCUT2D eigenvalue weighted by Gasteiger charge is 2.55. The van der Waals surface area contributed by atoms with Crippen molar-refractivity contribution in [3.05, 3.63) is 35.9 Å². The van der Waals surface area contributed by atoms with Crippen molar-refractivity contribution in [2.45, 2.75) is 56.5 Å². The van der Waals surface area contributed by atoms with Crippen LogP contribution < -0.4 is 0 Å². The van der Waals surface area contributed by atoms with E-state index in [1.165, 1.54) is 0 Å². The Labute approximate surface area is 150 Å². The van der Waals surface area contributed by atoms with Gasteiger partial charge in [-0.25, -0.2) is 0 Å². The second kappa shape index (κ2) is 7.20. The van der Waals surface area contributed by atoms with Gasteiger partial charge in [-0.05, 0) is 19.6 Å². The zero-order chi connectivity index (χ0) is 18.1. The van der Waals surface area contributed by atoms with Gasteiger partial charge in [0.1, 0.15) is 12.2 Å². The predicted octanol–water partition coefficient (Wildman–Crippen LogP) is 3.09. The normalized spacial score (nSPS) is 35.6. The zero-order valence-corrected chi connectivity index (χ0v) is 16.2. The number of ether oxygens (including phenoxy) is 4. The molecule has 2 aliphatic heterocycles. The lowest BCUT2D eigenvalue weighted by atomic mass is 9.86. The lowest BCUT2D eigenvalue weighted by Gasteiger charge is -2.51. The first-order valence-corrected chi connectivity index (χ1v) is 12.0. The molecular weight excluding hydrogens is 336 g/mol. The molecule has 1 aromatic rings. The van der Waals surface area contributed by atoms with Crippen LogP contribution >= 0.6 is 0 Å². The Bertz CT molecular complexity index is 623. The minimum absolute atomic E-state index is 0.328. The van der Waals surface area contributed by atoms with Gasteiger partial charge in [0.15, 0.2) is 26.5 Å². The average Bonchev–Trinajstić information content (AvgIpc) is 2.60. The first kappa shape index (κ1) is 18.6. The molecule has 6 heteroatoms. The van der Waals surface area contributed by atoms with Crippen molar-refractivity contribution in [2.24, 2.45) is 0 Å². The molecule has 2 aliphatic rings. The van der Waals surface area contributed by atoms with Crippen molar-refractivity contribution < 1.29 is 23.4 Å². The number of benzene rings is 1. The molecule has 0 aliphatic carbocycles. The third-order valence-electron chi connectivity index (χ3n) is 4.34. The minimum atomic E-state index is -1.93. The van der Waals surface area contributed by atoms with Crippen LogP contribution in [0.4, 0.5) is 0 Å². The van der Waals surface area contributed by atoms with E-state index in [0.717, 1.165) is 5.56 Å². The number of hydrogen-bond donors (Lipinski definition) is 0. The number of methoxy groups -OCH3 is 1. The van der Waals surface area contributed by atoms with Crippen LogP contribution in [0.5, 0.6) is 0 Å². The van der Waals surface area contributed by atoms with Gasteiger partial charge in [0.05, 0.1) is 6.61 Å². The first-order chi connectivity index (χ1) is 11.9. The van der Waals surface area contributed by atoms with Crippen LogP contribution in [-0.2, 0) is 23.4 Å². The van der Waals surface area contributed by atoms with Crippen LogP contribution in [0.25, 0.3) is 0 Å². The van der Waals surface area contributed by atoms with E-state index >= 15 is 0 Å². The van der Waals surface area contributed by atoms with Gasteiger partial charge in [-0.1, -0.05) is 36.3 Å². The Kier molecular flexibility index (Phi) is 5.35. The second-order valence-corrected chi connectivity index (χ2v) is 11.9. The Hall–Kier alpha value is -1.20. The van der Waals surface area contributed by atoms with Crippen molar-refractivity contribution in [3.8, 4) is 12.3 Å². The van der Waals surface area contributed by atoms with E-state index in [9.17, 15) is 0 Å². The molecule has 0 bridgehead atoms. The van der Waals surface area contributed by atoms with Crippen molar-refractivity contribution in [2.75, 3.05) is 13.7 Å². The minimum Gasteiger partial charge on any atom is -0.399 e. The van der Waals surface area contributed by atoms with Gasteiger partial charge >= 0.3 is 0 Å².